The van der Waals surface area contributed by atoms with Crippen molar-refractivity contribution in [3.63, 3.8) is 0 Å². The third kappa shape index (κ3) is 2.55. The average molecular weight is 276 g/mol. The smallest absolute Gasteiger partial charge is 0.262 e. The number of nitrogens with zero attached hydrogens (tertiary/aromatic N) is 4. The van der Waals surface area contributed by atoms with Gasteiger partial charge in [-0.05, 0) is 12.0 Å². The lowest BCUT2D eigenvalue weighted by Crippen LogP contribution is -2.18. The van der Waals surface area contributed by atoms with Crippen LogP contribution >= 0.6 is 0 Å². The van der Waals surface area contributed by atoms with Crippen LogP contribution in [-0.2, 0) is 0 Å². The molecule has 0 heterocycles. The zero-order valence-corrected chi connectivity index (χ0v) is 11.6. The number of allylic oxidation sites excluding steroid dienone is 4. The molecule has 2 aliphatic rings. The molecular weight excluding hydrogens is 260 g/mol. The van der Waals surface area contributed by atoms with E-state index in [0.29, 0.717) is 0 Å². The Labute approximate surface area is 123 Å². The Morgan fingerprint density at radius 3 is 2.48 bits per heavy atom. The fourth-order valence-electron chi connectivity index (χ4n) is 3.42. The first-order chi connectivity index (χ1) is 10.3. The molecule has 0 radical (unpaired) electrons. The van der Waals surface area contributed by atoms with Crippen molar-refractivity contribution in [2.75, 3.05) is 0 Å². The molecule has 21 heavy (non-hydrogen) atoms. The van der Waals surface area contributed by atoms with Gasteiger partial charge in [-0.15, -0.1) is 0 Å². The van der Waals surface area contributed by atoms with Gasteiger partial charge in [-0.25, -0.2) is 0 Å². The lowest BCUT2D eigenvalue weighted by atomic mass is 9.83. The minimum atomic E-state index is 0.0464. The van der Waals surface area contributed by atoms with Gasteiger partial charge in [0.15, 0.2) is 0 Å². The number of hydrogen-bond donors (Lipinski definition) is 0. The topological polar surface area (TPSA) is 72.8 Å². The predicted octanol–water partition coefficient (Wildman–Crippen LogP) is 3.12. The summed E-state index contributed by atoms with van der Waals surface area (Å²) in [6.45, 7) is 0. The molecule has 1 aromatic rings. The van der Waals surface area contributed by atoms with Crippen molar-refractivity contribution < 1.29 is 9.58 Å². The molecule has 4 atom stereocenters. The summed E-state index contributed by atoms with van der Waals surface area (Å²) in [5.41, 5.74) is 20.2. The Bertz CT molecular complexity index is 676. The van der Waals surface area contributed by atoms with E-state index in [-0.39, 0.29) is 23.7 Å². The van der Waals surface area contributed by atoms with Crippen LogP contribution in [0.15, 0.2) is 54.1 Å². The molecule has 1 aromatic carbocycles. The van der Waals surface area contributed by atoms with Gasteiger partial charge in [0, 0.05) is 11.8 Å². The summed E-state index contributed by atoms with van der Waals surface area (Å²) >= 11 is 0. The summed E-state index contributed by atoms with van der Waals surface area (Å²) in [5.74, 6) is 0.629. The van der Waals surface area contributed by atoms with E-state index in [1.165, 1.54) is 17.4 Å². The molecule has 0 aliphatic heterocycles. The Kier molecular flexibility index (Phi) is 3.74. The van der Waals surface area contributed by atoms with E-state index in [0.717, 1.165) is 6.42 Å². The molecule has 4 nitrogen and oxygen atoms in total. The second kappa shape index (κ2) is 5.84. The van der Waals surface area contributed by atoms with Gasteiger partial charge in [-0.2, -0.15) is 9.58 Å². The number of rotatable bonds is 3. The summed E-state index contributed by atoms with van der Waals surface area (Å²) in [6.07, 6.45) is 10.6. The van der Waals surface area contributed by atoms with E-state index in [2.05, 4.69) is 39.9 Å². The maximum absolute atomic E-state index is 8.85. The van der Waals surface area contributed by atoms with Gasteiger partial charge in [0.2, 0.25) is 0 Å². The van der Waals surface area contributed by atoms with Gasteiger partial charge in [0.05, 0.1) is 11.8 Å². The van der Waals surface area contributed by atoms with Crippen molar-refractivity contribution in [2.24, 2.45) is 17.8 Å². The zero-order valence-electron chi connectivity index (χ0n) is 11.6. The highest BCUT2D eigenvalue weighted by Gasteiger charge is 2.42. The second-order valence-corrected chi connectivity index (χ2v) is 5.56. The third-order valence-electron chi connectivity index (χ3n) is 4.41. The van der Waals surface area contributed by atoms with Crippen LogP contribution in [0.1, 0.15) is 17.9 Å². The highest BCUT2D eigenvalue weighted by Crippen LogP contribution is 2.44. The van der Waals surface area contributed by atoms with Crippen LogP contribution in [-0.4, -0.2) is 22.0 Å². The predicted molar refractivity (Wildman–Crippen MR) is 80.9 cm³/mol. The molecule has 104 valence electrons. The molecule has 0 aromatic heterocycles. The Morgan fingerprint density at radius 1 is 1.00 bits per heavy atom. The number of benzene rings is 1. The quantitative estimate of drug-likeness (QED) is 0.352. The highest BCUT2D eigenvalue weighted by atomic mass is 14.9. The maximum Gasteiger partial charge on any atom is 0.262 e. The van der Waals surface area contributed by atoms with E-state index in [4.69, 9.17) is 11.1 Å². The first kappa shape index (κ1) is 13.4. The SMILES string of the molecule is [N-]=[N+]=C[C@H]1[C@H](C=[N+]=[N-])CC2=C[C@H](c3ccccc3)C=C[C@@H]21. The van der Waals surface area contributed by atoms with Gasteiger partial charge in [-0.1, -0.05) is 54.1 Å². The number of hydrogen-bond acceptors (Lipinski definition) is 0. The summed E-state index contributed by atoms with van der Waals surface area (Å²) in [5, 5.41) is 0. The summed E-state index contributed by atoms with van der Waals surface area (Å²) in [7, 11) is 0. The monoisotopic (exact) mass is 276 g/mol. The normalized spacial score (nSPS) is 29.8. The van der Waals surface area contributed by atoms with Gasteiger partial charge >= 0.3 is 0 Å². The molecule has 0 unspecified atom stereocenters. The van der Waals surface area contributed by atoms with Crippen molar-refractivity contribution in [1.29, 1.82) is 0 Å². The van der Waals surface area contributed by atoms with Crippen LogP contribution in [0.2, 0.25) is 0 Å². The van der Waals surface area contributed by atoms with Crippen LogP contribution in [0.25, 0.3) is 11.1 Å². The van der Waals surface area contributed by atoms with Gasteiger partial charge in [-0.3, -0.25) is 0 Å². The second-order valence-electron chi connectivity index (χ2n) is 5.56. The molecule has 0 amide bonds. The van der Waals surface area contributed by atoms with Crippen molar-refractivity contribution in [1.82, 2.24) is 0 Å². The average Bonchev–Trinajstić information content (AvgIpc) is 2.86. The summed E-state index contributed by atoms with van der Waals surface area (Å²) < 4.78 is 0. The molecule has 2 aliphatic carbocycles. The van der Waals surface area contributed by atoms with E-state index in [9.17, 15) is 0 Å². The standard InChI is InChI=1S/C17H16N4/c18-20-10-15-9-14-8-13(12-4-2-1-3-5-12)6-7-16(14)17(15)11-21-19/h1-8,10-11,13,15-17H,9H2/t13-,15+,16+,17+/m1/s1. The van der Waals surface area contributed by atoms with E-state index in [1.807, 2.05) is 18.2 Å². The Morgan fingerprint density at radius 2 is 1.76 bits per heavy atom. The number of fused-ring (bicyclic) bond motifs is 1. The fourth-order valence-corrected chi connectivity index (χ4v) is 3.42. The molecule has 0 N–H and O–H groups in total. The summed E-state index contributed by atoms with van der Waals surface area (Å²) in [6, 6.07) is 10.4. The van der Waals surface area contributed by atoms with Crippen molar-refractivity contribution in [3.8, 4) is 0 Å². The van der Waals surface area contributed by atoms with E-state index < -0.39 is 0 Å². The molecule has 3 rings (SSSR count). The highest BCUT2D eigenvalue weighted by molar-refractivity contribution is 5.70. The van der Waals surface area contributed by atoms with Crippen molar-refractivity contribution >= 4 is 12.4 Å². The molecule has 1 saturated carbocycles. The Balaban J connectivity index is 1.92. The van der Waals surface area contributed by atoms with Gasteiger partial charge in [0.1, 0.15) is 0 Å². The maximum atomic E-state index is 8.85. The van der Waals surface area contributed by atoms with Gasteiger partial charge < -0.3 is 11.1 Å². The van der Waals surface area contributed by atoms with Gasteiger partial charge in [0.25, 0.3) is 12.4 Å². The van der Waals surface area contributed by atoms with Crippen LogP contribution in [0.4, 0.5) is 0 Å². The first-order valence-corrected chi connectivity index (χ1v) is 7.12. The van der Waals surface area contributed by atoms with Crippen LogP contribution < -0.4 is 0 Å². The Hall–Kier alpha value is -2.54. The third-order valence-corrected chi connectivity index (χ3v) is 4.41. The lowest BCUT2D eigenvalue weighted by molar-refractivity contribution is -0.0122. The largest absolute Gasteiger partial charge is 0.362 e. The minimum Gasteiger partial charge on any atom is -0.362 e. The molecule has 4 heteroatoms. The lowest BCUT2D eigenvalue weighted by Gasteiger charge is -2.20. The molecule has 0 bridgehead atoms. The van der Waals surface area contributed by atoms with E-state index >= 15 is 0 Å². The summed E-state index contributed by atoms with van der Waals surface area (Å²) in [4.78, 5) is 6.35. The van der Waals surface area contributed by atoms with Crippen molar-refractivity contribution in [2.45, 2.75) is 12.3 Å². The zero-order chi connectivity index (χ0) is 14.7. The molecule has 1 fully saturated rings. The van der Waals surface area contributed by atoms with E-state index in [1.54, 1.807) is 6.21 Å². The van der Waals surface area contributed by atoms with Crippen LogP contribution in [0.3, 0.4) is 0 Å². The van der Waals surface area contributed by atoms with Crippen LogP contribution in [0, 0.1) is 17.8 Å². The fraction of sp³-hybridized carbons (Fsp3) is 0.294. The molecule has 0 saturated heterocycles. The minimum absolute atomic E-state index is 0.0464. The molecular formula is C17H16N4. The molecule has 0 spiro atoms. The first-order valence-electron chi connectivity index (χ1n) is 7.12. The van der Waals surface area contributed by atoms with Crippen LogP contribution in [0.5, 0.6) is 0 Å². The van der Waals surface area contributed by atoms with Crippen molar-refractivity contribution in [3.05, 3.63) is 70.8 Å².